The molecule has 3 nitrogen and oxygen atoms in total. The summed E-state index contributed by atoms with van der Waals surface area (Å²) < 4.78 is 0. The van der Waals surface area contributed by atoms with Crippen molar-refractivity contribution in [2.75, 3.05) is 19.6 Å². The molecule has 1 amide bonds. The second-order valence-electron chi connectivity index (χ2n) is 6.64. The van der Waals surface area contributed by atoms with Crippen LogP contribution in [0.25, 0.3) is 0 Å². The molecule has 0 aliphatic heterocycles. The lowest BCUT2D eigenvalue weighted by Crippen LogP contribution is -2.45. The zero-order valence-electron chi connectivity index (χ0n) is 13.1. The quantitative estimate of drug-likeness (QED) is 0.790. The molecule has 0 radical (unpaired) electrons. The predicted molar refractivity (Wildman–Crippen MR) is 76.4 cm³/mol. The zero-order valence-corrected chi connectivity index (χ0v) is 13.1. The third-order valence-electron chi connectivity index (χ3n) is 5.39. The highest BCUT2D eigenvalue weighted by Crippen LogP contribution is 2.67. The van der Waals surface area contributed by atoms with Gasteiger partial charge in [-0.2, -0.15) is 0 Å². The Balaban J connectivity index is 2.44. The number of hydrogen-bond acceptors (Lipinski definition) is 2. The fraction of sp³-hybridized carbons (Fsp3) is 0.933. The van der Waals surface area contributed by atoms with Crippen LogP contribution < -0.4 is 5.32 Å². The first kappa shape index (κ1) is 15.5. The topological polar surface area (TPSA) is 32.3 Å². The van der Waals surface area contributed by atoms with Gasteiger partial charge >= 0.3 is 0 Å². The van der Waals surface area contributed by atoms with E-state index in [0.717, 1.165) is 19.6 Å². The summed E-state index contributed by atoms with van der Waals surface area (Å²) in [5, 5.41) is 3.41. The first-order valence-corrected chi connectivity index (χ1v) is 7.22. The fourth-order valence-corrected chi connectivity index (χ4v) is 3.03. The highest BCUT2D eigenvalue weighted by atomic mass is 16.2. The van der Waals surface area contributed by atoms with Gasteiger partial charge in [-0.15, -0.1) is 0 Å². The van der Waals surface area contributed by atoms with E-state index >= 15 is 0 Å². The van der Waals surface area contributed by atoms with Gasteiger partial charge in [-0.25, -0.2) is 0 Å². The summed E-state index contributed by atoms with van der Waals surface area (Å²) in [7, 11) is 0. The maximum absolute atomic E-state index is 12.1. The van der Waals surface area contributed by atoms with Crippen LogP contribution >= 0.6 is 0 Å². The number of carbonyl (C=O) groups excluding carboxylic acids is 1. The van der Waals surface area contributed by atoms with Crippen LogP contribution in [0.4, 0.5) is 0 Å². The van der Waals surface area contributed by atoms with E-state index in [4.69, 9.17) is 0 Å². The summed E-state index contributed by atoms with van der Waals surface area (Å²) in [6.07, 6.45) is 0. The molecule has 0 spiro atoms. The van der Waals surface area contributed by atoms with Crippen molar-refractivity contribution < 1.29 is 4.79 Å². The van der Waals surface area contributed by atoms with Gasteiger partial charge in [0.2, 0.25) is 5.91 Å². The Morgan fingerprint density at radius 3 is 1.94 bits per heavy atom. The van der Waals surface area contributed by atoms with Crippen LogP contribution in [0.15, 0.2) is 0 Å². The van der Waals surface area contributed by atoms with Crippen molar-refractivity contribution in [3.63, 3.8) is 0 Å². The Morgan fingerprint density at radius 1 is 1.17 bits per heavy atom. The van der Waals surface area contributed by atoms with Gasteiger partial charge < -0.3 is 10.2 Å². The highest BCUT2D eigenvalue weighted by molar-refractivity contribution is 5.81. The molecule has 18 heavy (non-hydrogen) atoms. The molecule has 1 fully saturated rings. The average molecular weight is 254 g/mol. The van der Waals surface area contributed by atoms with E-state index in [1.165, 1.54) is 0 Å². The van der Waals surface area contributed by atoms with Gasteiger partial charge in [0.1, 0.15) is 0 Å². The van der Waals surface area contributed by atoms with Crippen molar-refractivity contribution in [2.24, 2.45) is 16.7 Å². The summed E-state index contributed by atoms with van der Waals surface area (Å²) in [5.41, 5.74) is 0.774. The number of carbonyl (C=O) groups is 1. The molecule has 1 saturated carbocycles. The molecular formula is C15H30N2O. The van der Waals surface area contributed by atoms with Crippen LogP contribution in [0.1, 0.15) is 48.5 Å². The molecule has 1 aliphatic carbocycles. The van der Waals surface area contributed by atoms with Gasteiger partial charge in [0.25, 0.3) is 0 Å². The number of likely N-dealkylation sites (N-methyl/N-ethyl adjacent to an activating group) is 1. The molecule has 0 bridgehead atoms. The minimum absolute atomic E-state index is 0.0721. The second-order valence-corrected chi connectivity index (χ2v) is 6.64. The van der Waals surface area contributed by atoms with E-state index in [-0.39, 0.29) is 11.9 Å². The van der Waals surface area contributed by atoms with Gasteiger partial charge in [-0.05, 0) is 44.1 Å². The molecule has 3 heteroatoms. The molecule has 106 valence electrons. The summed E-state index contributed by atoms with van der Waals surface area (Å²) in [5.74, 6) is 0.883. The van der Waals surface area contributed by atoms with Crippen LogP contribution in [-0.4, -0.2) is 36.5 Å². The number of amides is 1. The number of rotatable bonds is 6. The third-order valence-corrected chi connectivity index (χ3v) is 5.39. The number of nitrogens with one attached hydrogen (secondary N) is 1. The molecule has 1 aliphatic rings. The Bertz CT molecular complexity index is 292. The zero-order chi connectivity index (χ0) is 14.1. The smallest absolute Gasteiger partial charge is 0.239 e. The van der Waals surface area contributed by atoms with Crippen molar-refractivity contribution >= 4 is 5.91 Å². The van der Waals surface area contributed by atoms with Crippen LogP contribution in [0.3, 0.4) is 0 Å². The summed E-state index contributed by atoms with van der Waals surface area (Å²) >= 11 is 0. The molecule has 1 unspecified atom stereocenters. The van der Waals surface area contributed by atoms with E-state index in [1.54, 1.807) is 0 Å². The first-order chi connectivity index (χ1) is 8.20. The van der Waals surface area contributed by atoms with E-state index in [9.17, 15) is 4.79 Å². The van der Waals surface area contributed by atoms with Gasteiger partial charge in [0, 0.05) is 13.1 Å². The number of hydrogen-bond donors (Lipinski definition) is 1. The largest absolute Gasteiger partial charge is 0.342 e. The Morgan fingerprint density at radius 2 is 1.61 bits per heavy atom. The molecule has 1 N–H and O–H groups in total. The van der Waals surface area contributed by atoms with E-state index < -0.39 is 0 Å². The lowest BCUT2D eigenvalue weighted by Gasteiger charge is -2.23. The molecule has 0 aromatic rings. The van der Waals surface area contributed by atoms with Crippen molar-refractivity contribution in [2.45, 2.75) is 54.5 Å². The van der Waals surface area contributed by atoms with Crippen LogP contribution in [-0.2, 0) is 4.79 Å². The van der Waals surface area contributed by atoms with E-state index in [1.807, 2.05) is 25.7 Å². The van der Waals surface area contributed by atoms with Crippen molar-refractivity contribution in [1.82, 2.24) is 10.2 Å². The minimum atomic E-state index is -0.0721. The van der Waals surface area contributed by atoms with Crippen LogP contribution in [0, 0.1) is 16.7 Å². The Labute approximate surface area is 112 Å². The number of nitrogens with zero attached hydrogens (tertiary/aromatic N) is 1. The average Bonchev–Trinajstić information content (AvgIpc) is 2.68. The summed E-state index contributed by atoms with van der Waals surface area (Å²) in [6.45, 7) is 17.8. The first-order valence-electron chi connectivity index (χ1n) is 7.22. The van der Waals surface area contributed by atoms with Crippen molar-refractivity contribution in [3.8, 4) is 0 Å². The monoisotopic (exact) mass is 254 g/mol. The SMILES string of the molecule is CCN(CC)C(=O)C(C)NCC1C(C)(C)C1(C)C. The minimum Gasteiger partial charge on any atom is -0.342 e. The molecule has 0 heterocycles. The van der Waals surface area contributed by atoms with Crippen molar-refractivity contribution in [1.29, 1.82) is 0 Å². The van der Waals surface area contributed by atoms with Crippen LogP contribution in [0.2, 0.25) is 0 Å². The predicted octanol–water partition coefficient (Wildman–Crippen LogP) is 2.52. The Kier molecular flexibility index (Phi) is 4.47. The lowest BCUT2D eigenvalue weighted by molar-refractivity contribution is -0.132. The molecule has 0 aromatic carbocycles. The maximum Gasteiger partial charge on any atom is 0.239 e. The van der Waals surface area contributed by atoms with Crippen molar-refractivity contribution in [3.05, 3.63) is 0 Å². The standard InChI is InChI=1S/C15H30N2O/c1-8-17(9-2)13(18)11(3)16-10-12-14(4,5)15(12,6)7/h11-12,16H,8-10H2,1-7H3. The lowest BCUT2D eigenvalue weighted by atomic mass is 10.0. The highest BCUT2D eigenvalue weighted by Gasteiger charge is 2.63. The molecule has 1 rings (SSSR count). The van der Waals surface area contributed by atoms with E-state index in [2.05, 4.69) is 33.0 Å². The van der Waals surface area contributed by atoms with Gasteiger partial charge in [-0.3, -0.25) is 4.79 Å². The molecule has 0 aromatic heterocycles. The summed E-state index contributed by atoms with van der Waals surface area (Å²) in [4.78, 5) is 14.0. The fourth-order valence-electron chi connectivity index (χ4n) is 3.03. The normalized spacial score (nSPS) is 22.6. The Hall–Kier alpha value is -0.570. The van der Waals surface area contributed by atoms with Gasteiger partial charge in [0.05, 0.1) is 6.04 Å². The second kappa shape index (κ2) is 5.20. The molecule has 1 atom stereocenters. The van der Waals surface area contributed by atoms with Gasteiger partial charge in [-0.1, -0.05) is 27.7 Å². The molecule has 0 saturated heterocycles. The maximum atomic E-state index is 12.1. The van der Waals surface area contributed by atoms with Gasteiger partial charge in [0.15, 0.2) is 0 Å². The third kappa shape index (κ3) is 2.56. The van der Waals surface area contributed by atoms with Crippen LogP contribution in [0.5, 0.6) is 0 Å². The van der Waals surface area contributed by atoms with E-state index in [0.29, 0.717) is 16.7 Å². The molecular weight excluding hydrogens is 224 g/mol. The summed E-state index contributed by atoms with van der Waals surface area (Å²) in [6, 6.07) is -0.0721.